The molecule has 22 heavy (non-hydrogen) atoms. The second-order valence-electron chi connectivity index (χ2n) is 7.14. The van der Waals surface area contributed by atoms with Crippen LogP contribution in [0.5, 0.6) is 0 Å². The van der Waals surface area contributed by atoms with Gasteiger partial charge in [-0.25, -0.2) is 0 Å². The van der Waals surface area contributed by atoms with E-state index in [1.165, 1.54) is 0 Å². The third-order valence-corrected chi connectivity index (χ3v) is 4.12. The lowest BCUT2D eigenvalue weighted by atomic mass is 9.91. The molecule has 0 aliphatic carbocycles. The van der Waals surface area contributed by atoms with E-state index in [0.717, 1.165) is 30.6 Å². The summed E-state index contributed by atoms with van der Waals surface area (Å²) in [6.07, 6.45) is 1.72. The SMILES string of the molecule is Cc1ccccc1NC(=O)[C@H]1CCCN(C(=O)C(C)(C)C)C1. The molecule has 1 aliphatic rings. The molecule has 0 spiro atoms. The van der Waals surface area contributed by atoms with Crippen LogP contribution in [0, 0.1) is 18.3 Å². The summed E-state index contributed by atoms with van der Waals surface area (Å²) in [5.74, 6) is 0.0151. The number of rotatable bonds is 2. The van der Waals surface area contributed by atoms with Crippen molar-refractivity contribution in [3.63, 3.8) is 0 Å². The van der Waals surface area contributed by atoms with Gasteiger partial charge in [0.05, 0.1) is 5.92 Å². The summed E-state index contributed by atoms with van der Waals surface area (Å²) in [7, 11) is 0. The molecule has 4 heteroatoms. The van der Waals surface area contributed by atoms with Crippen molar-refractivity contribution in [2.75, 3.05) is 18.4 Å². The van der Waals surface area contributed by atoms with E-state index < -0.39 is 5.41 Å². The van der Waals surface area contributed by atoms with Gasteiger partial charge in [-0.15, -0.1) is 0 Å². The van der Waals surface area contributed by atoms with Gasteiger partial charge in [0.2, 0.25) is 11.8 Å². The fourth-order valence-electron chi connectivity index (χ4n) is 2.80. The van der Waals surface area contributed by atoms with Crippen molar-refractivity contribution in [1.82, 2.24) is 4.90 Å². The van der Waals surface area contributed by atoms with Crippen LogP contribution in [-0.2, 0) is 9.59 Å². The van der Waals surface area contributed by atoms with Crippen LogP contribution in [-0.4, -0.2) is 29.8 Å². The summed E-state index contributed by atoms with van der Waals surface area (Å²) in [5, 5.41) is 3.00. The predicted molar refractivity (Wildman–Crippen MR) is 88.6 cm³/mol. The van der Waals surface area contributed by atoms with Gasteiger partial charge in [-0.2, -0.15) is 0 Å². The molecule has 1 aromatic rings. The summed E-state index contributed by atoms with van der Waals surface area (Å²) in [6.45, 7) is 9.02. The molecule has 1 aromatic carbocycles. The number of benzene rings is 1. The highest BCUT2D eigenvalue weighted by Crippen LogP contribution is 2.24. The lowest BCUT2D eigenvalue weighted by molar-refractivity contribution is -0.142. The molecule has 0 unspecified atom stereocenters. The minimum atomic E-state index is -0.394. The molecule has 1 heterocycles. The number of carbonyl (C=O) groups is 2. The first-order valence-corrected chi connectivity index (χ1v) is 7.95. The van der Waals surface area contributed by atoms with Gasteiger partial charge in [0.15, 0.2) is 0 Å². The molecule has 1 fully saturated rings. The molecule has 1 N–H and O–H groups in total. The molecule has 0 saturated carbocycles. The zero-order chi connectivity index (χ0) is 16.3. The Morgan fingerprint density at radius 2 is 1.91 bits per heavy atom. The Morgan fingerprint density at radius 1 is 1.23 bits per heavy atom. The van der Waals surface area contributed by atoms with E-state index in [4.69, 9.17) is 0 Å². The highest BCUT2D eigenvalue weighted by molar-refractivity contribution is 5.94. The molecule has 0 bridgehead atoms. The van der Waals surface area contributed by atoms with Gasteiger partial charge in [-0.05, 0) is 31.4 Å². The third kappa shape index (κ3) is 3.87. The summed E-state index contributed by atoms with van der Waals surface area (Å²) in [6, 6.07) is 7.76. The van der Waals surface area contributed by atoms with Gasteiger partial charge in [-0.3, -0.25) is 9.59 Å². The number of carbonyl (C=O) groups excluding carboxylic acids is 2. The molecule has 4 nitrogen and oxygen atoms in total. The fourth-order valence-corrected chi connectivity index (χ4v) is 2.80. The van der Waals surface area contributed by atoms with Crippen molar-refractivity contribution in [3.8, 4) is 0 Å². The van der Waals surface area contributed by atoms with E-state index >= 15 is 0 Å². The van der Waals surface area contributed by atoms with Crippen LogP contribution in [0.1, 0.15) is 39.2 Å². The van der Waals surface area contributed by atoms with Crippen molar-refractivity contribution in [2.45, 2.75) is 40.5 Å². The molecular formula is C18H26N2O2. The van der Waals surface area contributed by atoms with Gasteiger partial charge in [0.25, 0.3) is 0 Å². The number of nitrogens with one attached hydrogen (secondary N) is 1. The smallest absolute Gasteiger partial charge is 0.229 e. The lowest BCUT2D eigenvalue weighted by Gasteiger charge is -2.36. The Bertz CT molecular complexity index is 560. The lowest BCUT2D eigenvalue weighted by Crippen LogP contribution is -2.47. The molecular weight excluding hydrogens is 276 g/mol. The van der Waals surface area contributed by atoms with Crippen molar-refractivity contribution in [3.05, 3.63) is 29.8 Å². The van der Waals surface area contributed by atoms with Crippen LogP contribution in [0.2, 0.25) is 0 Å². The van der Waals surface area contributed by atoms with E-state index in [0.29, 0.717) is 6.54 Å². The Kier molecular flexibility index (Phi) is 4.89. The van der Waals surface area contributed by atoms with E-state index in [9.17, 15) is 9.59 Å². The molecule has 1 aliphatic heterocycles. The fraction of sp³-hybridized carbons (Fsp3) is 0.556. The highest BCUT2D eigenvalue weighted by Gasteiger charge is 2.33. The topological polar surface area (TPSA) is 49.4 Å². The number of aryl methyl sites for hydroxylation is 1. The van der Waals surface area contributed by atoms with Gasteiger partial charge < -0.3 is 10.2 Å². The zero-order valence-corrected chi connectivity index (χ0v) is 14.0. The number of amides is 2. The maximum atomic E-state index is 12.5. The number of anilines is 1. The van der Waals surface area contributed by atoms with Gasteiger partial charge in [-0.1, -0.05) is 39.0 Å². The molecule has 120 valence electrons. The molecule has 2 rings (SSSR count). The van der Waals surface area contributed by atoms with Gasteiger partial charge in [0, 0.05) is 24.2 Å². The Balaban J connectivity index is 2.02. The maximum Gasteiger partial charge on any atom is 0.229 e. The number of hydrogen-bond donors (Lipinski definition) is 1. The average Bonchev–Trinajstić information content (AvgIpc) is 2.48. The molecule has 2 amide bonds. The van der Waals surface area contributed by atoms with Crippen LogP contribution >= 0.6 is 0 Å². The standard InChI is InChI=1S/C18H26N2O2/c1-13-8-5-6-10-15(13)19-16(21)14-9-7-11-20(12-14)17(22)18(2,3)4/h5-6,8,10,14H,7,9,11-12H2,1-4H3,(H,19,21)/t14-/m0/s1. The number of para-hydroxylation sites is 1. The van der Waals surface area contributed by atoms with Crippen molar-refractivity contribution in [2.24, 2.45) is 11.3 Å². The van der Waals surface area contributed by atoms with Crippen LogP contribution in [0.3, 0.4) is 0 Å². The largest absolute Gasteiger partial charge is 0.341 e. The molecule has 0 aromatic heterocycles. The Hall–Kier alpha value is -1.84. The van der Waals surface area contributed by atoms with E-state index in [1.807, 2.05) is 56.9 Å². The molecule has 0 radical (unpaired) electrons. The number of nitrogens with zero attached hydrogens (tertiary/aromatic N) is 1. The van der Waals surface area contributed by atoms with Crippen LogP contribution in [0.25, 0.3) is 0 Å². The van der Waals surface area contributed by atoms with Crippen molar-refractivity contribution in [1.29, 1.82) is 0 Å². The first kappa shape index (κ1) is 16.5. The average molecular weight is 302 g/mol. The van der Waals surface area contributed by atoms with E-state index in [2.05, 4.69) is 5.32 Å². The van der Waals surface area contributed by atoms with Gasteiger partial charge >= 0.3 is 0 Å². The summed E-state index contributed by atoms with van der Waals surface area (Å²) >= 11 is 0. The second kappa shape index (κ2) is 6.51. The Labute approximate surface area is 132 Å². The zero-order valence-electron chi connectivity index (χ0n) is 14.0. The molecule has 1 saturated heterocycles. The minimum Gasteiger partial charge on any atom is -0.341 e. The summed E-state index contributed by atoms with van der Waals surface area (Å²) in [4.78, 5) is 26.7. The number of likely N-dealkylation sites (tertiary alicyclic amines) is 1. The van der Waals surface area contributed by atoms with E-state index in [1.54, 1.807) is 0 Å². The third-order valence-electron chi connectivity index (χ3n) is 4.12. The quantitative estimate of drug-likeness (QED) is 0.912. The van der Waals surface area contributed by atoms with Crippen molar-refractivity contribution < 1.29 is 9.59 Å². The van der Waals surface area contributed by atoms with Gasteiger partial charge in [0.1, 0.15) is 0 Å². The van der Waals surface area contributed by atoms with Crippen LogP contribution in [0.15, 0.2) is 24.3 Å². The first-order chi connectivity index (χ1) is 10.3. The van der Waals surface area contributed by atoms with Crippen LogP contribution < -0.4 is 5.32 Å². The van der Waals surface area contributed by atoms with Crippen molar-refractivity contribution >= 4 is 17.5 Å². The highest BCUT2D eigenvalue weighted by atomic mass is 16.2. The maximum absolute atomic E-state index is 12.5. The van der Waals surface area contributed by atoms with E-state index in [-0.39, 0.29) is 17.7 Å². The Morgan fingerprint density at radius 3 is 2.55 bits per heavy atom. The minimum absolute atomic E-state index is 0.0145. The second-order valence-corrected chi connectivity index (χ2v) is 7.14. The summed E-state index contributed by atoms with van der Waals surface area (Å²) in [5.41, 5.74) is 1.51. The monoisotopic (exact) mass is 302 g/mol. The van der Waals surface area contributed by atoms with Crippen LogP contribution in [0.4, 0.5) is 5.69 Å². The summed E-state index contributed by atoms with van der Waals surface area (Å²) < 4.78 is 0. The predicted octanol–water partition coefficient (Wildman–Crippen LogP) is 3.22. The number of hydrogen-bond acceptors (Lipinski definition) is 2. The normalized spacial score (nSPS) is 18.9. The first-order valence-electron chi connectivity index (χ1n) is 7.95. The number of piperidine rings is 1. The molecule has 1 atom stereocenters.